The van der Waals surface area contributed by atoms with Crippen molar-refractivity contribution in [3.8, 4) is 0 Å². The smallest absolute Gasteiger partial charge is 0.239 e. The van der Waals surface area contributed by atoms with E-state index in [4.69, 9.17) is 16.3 Å². The van der Waals surface area contributed by atoms with Gasteiger partial charge in [-0.3, -0.25) is 14.7 Å². The number of piperidine rings is 1. The number of carbonyl (C=O) groups is 1. The molecule has 1 fully saturated rings. The van der Waals surface area contributed by atoms with Crippen molar-refractivity contribution in [3.05, 3.63) is 34.9 Å². The molecule has 1 aliphatic rings. The number of carbonyl (C=O) groups excluding carboxylic acids is 1. The molecule has 158 valence electrons. The third kappa shape index (κ3) is 9.40. The van der Waals surface area contributed by atoms with Crippen molar-refractivity contribution < 1.29 is 9.53 Å². The Balaban J connectivity index is 0.00000392. The second-order valence-corrected chi connectivity index (χ2v) is 7.03. The number of benzene rings is 1. The van der Waals surface area contributed by atoms with E-state index in [0.29, 0.717) is 25.2 Å². The first-order valence-electron chi connectivity index (χ1n) is 9.30. The third-order valence-electron chi connectivity index (χ3n) is 4.52. The summed E-state index contributed by atoms with van der Waals surface area (Å²) >= 11 is 5.94. The number of guanidine groups is 1. The highest BCUT2D eigenvalue weighted by Gasteiger charge is 2.20. The van der Waals surface area contributed by atoms with Crippen LogP contribution in [0.1, 0.15) is 18.4 Å². The molecule has 7 nitrogen and oxygen atoms in total. The van der Waals surface area contributed by atoms with Crippen LogP contribution in [0.15, 0.2) is 29.3 Å². The van der Waals surface area contributed by atoms with Crippen molar-refractivity contribution >= 4 is 47.4 Å². The van der Waals surface area contributed by atoms with E-state index in [9.17, 15) is 4.79 Å². The second-order valence-electron chi connectivity index (χ2n) is 6.59. The number of nitrogens with zero attached hydrogens (tertiary/aromatic N) is 2. The number of rotatable bonds is 8. The van der Waals surface area contributed by atoms with Gasteiger partial charge in [0.05, 0.1) is 13.2 Å². The first kappa shape index (κ1) is 24.9. The standard InChI is InChI=1S/C19H30ClN5O2.HI/c1-21-19(23-13-18(26)22-9-12-27-2)24-17-7-10-25(11-8-17)14-15-3-5-16(20)6-4-15;/h3-6,17H,7-14H2,1-2H3,(H,22,26)(H2,21,23,24);1H. The summed E-state index contributed by atoms with van der Waals surface area (Å²) in [4.78, 5) is 18.4. The van der Waals surface area contributed by atoms with Crippen molar-refractivity contribution in [2.24, 2.45) is 4.99 Å². The number of halogens is 2. The van der Waals surface area contributed by atoms with Gasteiger partial charge >= 0.3 is 0 Å². The fourth-order valence-electron chi connectivity index (χ4n) is 2.99. The highest BCUT2D eigenvalue weighted by atomic mass is 127. The minimum Gasteiger partial charge on any atom is -0.383 e. The van der Waals surface area contributed by atoms with Crippen molar-refractivity contribution in [2.75, 3.05) is 46.9 Å². The molecule has 0 atom stereocenters. The van der Waals surface area contributed by atoms with Crippen LogP contribution in [0.5, 0.6) is 0 Å². The molecule has 0 aromatic heterocycles. The van der Waals surface area contributed by atoms with Crippen LogP contribution in [0.2, 0.25) is 5.02 Å². The fourth-order valence-corrected chi connectivity index (χ4v) is 3.12. The van der Waals surface area contributed by atoms with E-state index in [1.807, 2.05) is 12.1 Å². The molecule has 1 amide bonds. The Labute approximate surface area is 189 Å². The molecule has 0 aliphatic carbocycles. The number of hydrogen-bond acceptors (Lipinski definition) is 4. The van der Waals surface area contributed by atoms with Gasteiger partial charge in [0.1, 0.15) is 0 Å². The number of methoxy groups -OCH3 is 1. The minimum atomic E-state index is -0.0761. The summed E-state index contributed by atoms with van der Waals surface area (Å²) in [5.41, 5.74) is 1.28. The maximum Gasteiger partial charge on any atom is 0.239 e. The zero-order valence-electron chi connectivity index (χ0n) is 16.5. The van der Waals surface area contributed by atoms with Crippen LogP contribution in [0, 0.1) is 0 Å². The lowest BCUT2D eigenvalue weighted by Crippen LogP contribution is -2.50. The van der Waals surface area contributed by atoms with E-state index >= 15 is 0 Å². The molecule has 1 aliphatic heterocycles. The SMILES string of the molecule is CN=C(NCC(=O)NCCOC)NC1CCN(Cc2ccc(Cl)cc2)CC1.I. The van der Waals surface area contributed by atoms with Crippen molar-refractivity contribution in [3.63, 3.8) is 0 Å². The summed E-state index contributed by atoms with van der Waals surface area (Å²) < 4.78 is 4.91. The summed E-state index contributed by atoms with van der Waals surface area (Å²) in [6.07, 6.45) is 2.07. The number of nitrogens with one attached hydrogen (secondary N) is 3. The highest BCUT2D eigenvalue weighted by molar-refractivity contribution is 14.0. The molecule has 0 spiro atoms. The number of amides is 1. The Bertz CT molecular complexity index is 607. The van der Waals surface area contributed by atoms with Gasteiger partial charge in [-0.15, -0.1) is 24.0 Å². The summed E-state index contributed by atoms with van der Waals surface area (Å²) in [6, 6.07) is 8.39. The molecule has 0 unspecified atom stereocenters. The average molecular weight is 524 g/mol. The van der Waals surface area contributed by atoms with Crippen LogP contribution < -0.4 is 16.0 Å². The van der Waals surface area contributed by atoms with Crippen molar-refractivity contribution in [1.82, 2.24) is 20.9 Å². The van der Waals surface area contributed by atoms with Gasteiger partial charge < -0.3 is 20.7 Å². The fraction of sp³-hybridized carbons (Fsp3) is 0.579. The Morgan fingerprint density at radius 2 is 1.93 bits per heavy atom. The lowest BCUT2D eigenvalue weighted by atomic mass is 10.0. The van der Waals surface area contributed by atoms with Gasteiger partial charge in [-0.05, 0) is 30.5 Å². The molecule has 2 rings (SSSR count). The van der Waals surface area contributed by atoms with Crippen LogP contribution >= 0.6 is 35.6 Å². The van der Waals surface area contributed by atoms with Gasteiger partial charge in [0.15, 0.2) is 5.96 Å². The van der Waals surface area contributed by atoms with E-state index in [0.717, 1.165) is 37.5 Å². The van der Waals surface area contributed by atoms with Crippen LogP contribution in [0.3, 0.4) is 0 Å². The second kappa shape index (κ2) is 14.0. The Morgan fingerprint density at radius 3 is 2.54 bits per heavy atom. The molecule has 0 radical (unpaired) electrons. The molecule has 1 saturated heterocycles. The normalized spacial score (nSPS) is 15.6. The lowest BCUT2D eigenvalue weighted by Gasteiger charge is -2.33. The van der Waals surface area contributed by atoms with E-state index in [1.54, 1.807) is 14.2 Å². The highest BCUT2D eigenvalue weighted by Crippen LogP contribution is 2.15. The number of hydrogen-bond donors (Lipinski definition) is 3. The molecule has 1 heterocycles. The molecule has 28 heavy (non-hydrogen) atoms. The lowest BCUT2D eigenvalue weighted by molar-refractivity contribution is -0.120. The maximum absolute atomic E-state index is 11.7. The number of ether oxygens (including phenoxy) is 1. The molecule has 9 heteroatoms. The first-order valence-corrected chi connectivity index (χ1v) is 9.68. The van der Waals surface area contributed by atoms with Crippen LogP contribution in [-0.2, 0) is 16.1 Å². The zero-order chi connectivity index (χ0) is 19.5. The van der Waals surface area contributed by atoms with E-state index < -0.39 is 0 Å². The van der Waals surface area contributed by atoms with Crippen LogP contribution in [0.25, 0.3) is 0 Å². The number of aliphatic imine (C=N–C) groups is 1. The maximum atomic E-state index is 11.7. The molecule has 0 bridgehead atoms. The molecule has 3 N–H and O–H groups in total. The van der Waals surface area contributed by atoms with Gasteiger partial charge in [0, 0.05) is 51.4 Å². The molecular formula is C19H31ClIN5O2. The Hall–Kier alpha value is -1.10. The van der Waals surface area contributed by atoms with E-state index in [1.165, 1.54) is 5.56 Å². The van der Waals surface area contributed by atoms with Gasteiger partial charge in [-0.25, -0.2) is 0 Å². The Morgan fingerprint density at radius 1 is 1.25 bits per heavy atom. The van der Waals surface area contributed by atoms with Gasteiger partial charge in [0.2, 0.25) is 5.91 Å². The largest absolute Gasteiger partial charge is 0.383 e. The van der Waals surface area contributed by atoms with E-state index in [2.05, 4.69) is 38.0 Å². The van der Waals surface area contributed by atoms with Gasteiger partial charge in [0.25, 0.3) is 0 Å². The van der Waals surface area contributed by atoms with Crippen molar-refractivity contribution in [2.45, 2.75) is 25.4 Å². The number of likely N-dealkylation sites (tertiary alicyclic amines) is 1. The van der Waals surface area contributed by atoms with Crippen LogP contribution in [0.4, 0.5) is 0 Å². The zero-order valence-corrected chi connectivity index (χ0v) is 19.6. The molecule has 0 saturated carbocycles. The first-order chi connectivity index (χ1) is 13.1. The molecule has 1 aromatic carbocycles. The minimum absolute atomic E-state index is 0. The average Bonchev–Trinajstić information content (AvgIpc) is 2.68. The monoisotopic (exact) mass is 523 g/mol. The molecule has 1 aromatic rings. The van der Waals surface area contributed by atoms with Crippen molar-refractivity contribution in [1.29, 1.82) is 0 Å². The topological polar surface area (TPSA) is 78.0 Å². The van der Waals surface area contributed by atoms with Crippen LogP contribution in [-0.4, -0.2) is 69.8 Å². The quantitative estimate of drug-likeness (QED) is 0.210. The summed E-state index contributed by atoms with van der Waals surface area (Å²) in [6.45, 7) is 4.20. The molecular weight excluding hydrogens is 493 g/mol. The summed E-state index contributed by atoms with van der Waals surface area (Å²) in [5.74, 6) is 0.584. The summed E-state index contributed by atoms with van der Waals surface area (Å²) in [5, 5.41) is 10.0. The van der Waals surface area contributed by atoms with E-state index in [-0.39, 0.29) is 36.4 Å². The van der Waals surface area contributed by atoms with Gasteiger partial charge in [-0.2, -0.15) is 0 Å². The summed E-state index contributed by atoms with van der Waals surface area (Å²) in [7, 11) is 3.32. The third-order valence-corrected chi connectivity index (χ3v) is 4.77. The Kier molecular flexibility index (Phi) is 12.4. The predicted molar refractivity (Wildman–Crippen MR) is 125 cm³/mol. The van der Waals surface area contributed by atoms with Gasteiger partial charge in [-0.1, -0.05) is 23.7 Å². The predicted octanol–water partition coefficient (Wildman–Crippen LogP) is 1.85.